The standard InChI is InChI=1S/C24H30ClN2O3/c1-5-26(6-2)24(28)29-16(3)27(4)14-20-18-9-7-8-10-22(18)30-23-12-11-17(25)13-19(23)21(20)15-27/h7-13,16,20-21H,5-6,14-15H2,1-4H3/q+1. The molecular weight excluding hydrogens is 400 g/mol. The lowest BCUT2D eigenvalue weighted by atomic mass is 9.84. The number of fused-ring (bicyclic) bond motifs is 5. The van der Waals surface area contributed by atoms with E-state index in [2.05, 4.69) is 19.2 Å². The maximum atomic E-state index is 12.6. The first kappa shape index (κ1) is 21.0. The molecule has 2 aliphatic rings. The van der Waals surface area contributed by atoms with Gasteiger partial charge in [-0.1, -0.05) is 29.8 Å². The molecule has 6 heteroatoms. The van der Waals surface area contributed by atoms with Gasteiger partial charge in [-0.2, -0.15) is 0 Å². The van der Waals surface area contributed by atoms with E-state index in [0.29, 0.717) is 22.6 Å². The van der Waals surface area contributed by atoms with Gasteiger partial charge < -0.3 is 14.4 Å². The Bertz CT molecular complexity index is 946. The fraction of sp³-hybridized carbons (Fsp3) is 0.458. The number of hydrogen-bond donors (Lipinski definition) is 0. The second kappa shape index (κ2) is 8.12. The fourth-order valence-electron chi connectivity index (χ4n) is 4.88. The summed E-state index contributed by atoms with van der Waals surface area (Å²) < 4.78 is 12.9. The average molecular weight is 430 g/mol. The molecule has 2 heterocycles. The first-order chi connectivity index (χ1) is 14.4. The van der Waals surface area contributed by atoms with E-state index in [1.54, 1.807) is 4.90 Å². The highest BCUT2D eigenvalue weighted by Crippen LogP contribution is 2.52. The molecule has 0 bridgehead atoms. The van der Waals surface area contributed by atoms with Gasteiger partial charge in [-0.25, -0.2) is 4.79 Å². The third-order valence-corrected chi connectivity index (χ3v) is 7.03. The molecule has 1 saturated heterocycles. The fourth-order valence-corrected chi connectivity index (χ4v) is 5.07. The molecule has 1 amide bonds. The molecule has 5 nitrogen and oxygen atoms in total. The predicted molar refractivity (Wildman–Crippen MR) is 118 cm³/mol. The molecule has 1 fully saturated rings. The van der Waals surface area contributed by atoms with Crippen LogP contribution >= 0.6 is 11.6 Å². The maximum absolute atomic E-state index is 12.6. The van der Waals surface area contributed by atoms with Gasteiger partial charge in [-0.15, -0.1) is 0 Å². The number of likely N-dealkylation sites (N-methyl/N-ethyl adjacent to an activating group) is 1. The lowest BCUT2D eigenvalue weighted by Gasteiger charge is -2.36. The number of nitrogens with zero attached hydrogens (tertiary/aromatic N) is 2. The van der Waals surface area contributed by atoms with E-state index in [0.717, 1.165) is 30.2 Å². The molecule has 4 rings (SSSR count). The van der Waals surface area contributed by atoms with Crippen molar-refractivity contribution < 1.29 is 18.8 Å². The van der Waals surface area contributed by atoms with Gasteiger partial charge in [0.05, 0.1) is 20.1 Å². The van der Waals surface area contributed by atoms with Gasteiger partial charge in [-0.05, 0) is 38.1 Å². The minimum Gasteiger partial charge on any atom is -0.457 e. The summed E-state index contributed by atoms with van der Waals surface area (Å²) >= 11 is 6.37. The summed E-state index contributed by atoms with van der Waals surface area (Å²) in [6.07, 6.45) is -0.494. The molecule has 0 N–H and O–H groups in total. The van der Waals surface area contributed by atoms with Crippen LogP contribution in [0.2, 0.25) is 5.02 Å². The molecule has 0 aliphatic carbocycles. The third-order valence-electron chi connectivity index (χ3n) is 6.79. The molecule has 2 aromatic carbocycles. The Kier molecular flexibility index (Phi) is 5.69. The molecule has 4 atom stereocenters. The zero-order chi connectivity index (χ0) is 21.5. The van der Waals surface area contributed by atoms with E-state index >= 15 is 0 Å². The average Bonchev–Trinajstić information content (AvgIpc) is 3.04. The van der Waals surface area contributed by atoms with Crippen molar-refractivity contribution in [1.29, 1.82) is 0 Å². The number of carbonyl (C=O) groups is 1. The summed E-state index contributed by atoms with van der Waals surface area (Å²) in [7, 11) is 2.18. The Labute approximate surface area is 183 Å². The van der Waals surface area contributed by atoms with Crippen molar-refractivity contribution in [2.45, 2.75) is 38.8 Å². The van der Waals surface area contributed by atoms with Gasteiger partial charge in [0.15, 0.2) is 0 Å². The summed E-state index contributed by atoms with van der Waals surface area (Å²) in [6.45, 7) is 8.95. The quantitative estimate of drug-likeness (QED) is 0.594. The van der Waals surface area contributed by atoms with Crippen LogP contribution in [0.4, 0.5) is 4.79 Å². The number of rotatable bonds is 4. The van der Waals surface area contributed by atoms with E-state index in [1.165, 1.54) is 5.56 Å². The normalized spacial score (nSPS) is 25.2. The van der Waals surface area contributed by atoms with Crippen molar-refractivity contribution >= 4 is 17.7 Å². The molecule has 0 radical (unpaired) electrons. The number of benzene rings is 2. The third kappa shape index (κ3) is 3.65. The van der Waals surface area contributed by atoms with Crippen LogP contribution < -0.4 is 4.74 Å². The Morgan fingerprint density at radius 2 is 1.77 bits per heavy atom. The van der Waals surface area contributed by atoms with Crippen LogP contribution in [0, 0.1) is 0 Å². The Morgan fingerprint density at radius 3 is 2.47 bits per heavy atom. The Balaban J connectivity index is 1.68. The van der Waals surface area contributed by atoms with E-state index in [1.807, 2.05) is 51.1 Å². The lowest BCUT2D eigenvalue weighted by molar-refractivity contribution is -0.940. The monoisotopic (exact) mass is 429 g/mol. The molecule has 30 heavy (non-hydrogen) atoms. The molecule has 0 aromatic heterocycles. The molecule has 0 spiro atoms. The Morgan fingerprint density at radius 1 is 1.13 bits per heavy atom. The summed E-state index contributed by atoms with van der Waals surface area (Å²) in [5.41, 5.74) is 2.34. The largest absolute Gasteiger partial charge is 0.457 e. The van der Waals surface area contributed by atoms with Crippen LogP contribution in [0.5, 0.6) is 11.5 Å². The van der Waals surface area contributed by atoms with E-state index in [4.69, 9.17) is 21.1 Å². The minimum absolute atomic E-state index is 0.238. The SMILES string of the molecule is CCN(CC)C(=O)OC(C)[N+]1(C)CC2c3ccccc3Oc3ccc(Cl)cc3C2C1. The van der Waals surface area contributed by atoms with Crippen LogP contribution in [0.3, 0.4) is 0 Å². The second-order valence-corrected chi connectivity index (χ2v) is 8.97. The zero-order valence-electron chi connectivity index (χ0n) is 18.1. The van der Waals surface area contributed by atoms with Crippen LogP contribution in [0.25, 0.3) is 0 Å². The van der Waals surface area contributed by atoms with Gasteiger partial charge in [0.2, 0.25) is 6.23 Å². The number of ether oxygens (including phenoxy) is 2. The highest BCUT2D eigenvalue weighted by molar-refractivity contribution is 6.30. The van der Waals surface area contributed by atoms with Crippen molar-refractivity contribution in [3.05, 3.63) is 58.6 Å². The summed E-state index contributed by atoms with van der Waals surface area (Å²) in [6, 6.07) is 14.1. The number of quaternary nitrogens is 1. The summed E-state index contributed by atoms with van der Waals surface area (Å²) in [5.74, 6) is 2.26. The van der Waals surface area contributed by atoms with Crippen molar-refractivity contribution in [3.8, 4) is 11.5 Å². The summed E-state index contributed by atoms with van der Waals surface area (Å²) in [4.78, 5) is 14.3. The number of amides is 1. The first-order valence-electron chi connectivity index (χ1n) is 10.7. The highest BCUT2D eigenvalue weighted by atomic mass is 35.5. The van der Waals surface area contributed by atoms with E-state index in [-0.39, 0.29) is 24.2 Å². The van der Waals surface area contributed by atoms with Crippen LogP contribution in [-0.4, -0.2) is 54.9 Å². The molecule has 2 aliphatic heterocycles. The van der Waals surface area contributed by atoms with Gasteiger partial charge in [0, 0.05) is 48.0 Å². The van der Waals surface area contributed by atoms with Gasteiger partial charge >= 0.3 is 6.09 Å². The lowest BCUT2D eigenvalue weighted by Crippen LogP contribution is -2.52. The number of para-hydroxylation sites is 1. The number of halogens is 1. The van der Waals surface area contributed by atoms with Crippen molar-refractivity contribution in [2.24, 2.45) is 0 Å². The van der Waals surface area contributed by atoms with Crippen LogP contribution in [0.15, 0.2) is 42.5 Å². The second-order valence-electron chi connectivity index (χ2n) is 8.53. The first-order valence-corrected chi connectivity index (χ1v) is 11.1. The molecular formula is C24H30ClN2O3+. The van der Waals surface area contributed by atoms with Crippen molar-refractivity contribution in [2.75, 3.05) is 33.2 Å². The van der Waals surface area contributed by atoms with E-state index in [9.17, 15) is 4.79 Å². The van der Waals surface area contributed by atoms with Gasteiger partial charge in [-0.3, -0.25) is 4.48 Å². The predicted octanol–water partition coefficient (Wildman–Crippen LogP) is 5.60. The smallest absolute Gasteiger partial charge is 0.414 e. The summed E-state index contributed by atoms with van der Waals surface area (Å²) in [5, 5.41) is 0.712. The zero-order valence-corrected chi connectivity index (χ0v) is 18.9. The highest BCUT2D eigenvalue weighted by Gasteiger charge is 2.50. The maximum Gasteiger partial charge on any atom is 0.414 e. The van der Waals surface area contributed by atoms with Gasteiger partial charge in [0.25, 0.3) is 0 Å². The number of likely N-dealkylation sites (tertiary alicyclic amines) is 1. The van der Waals surface area contributed by atoms with Crippen molar-refractivity contribution in [3.63, 3.8) is 0 Å². The molecule has 160 valence electrons. The van der Waals surface area contributed by atoms with Gasteiger partial charge in [0.1, 0.15) is 11.5 Å². The van der Waals surface area contributed by atoms with Crippen molar-refractivity contribution in [1.82, 2.24) is 4.90 Å². The molecule has 2 aromatic rings. The van der Waals surface area contributed by atoms with E-state index < -0.39 is 0 Å². The molecule has 4 unspecified atom stereocenters. The molecule has 0 saturated carbocycles. The number of hydrogen-bond acceptors (Lipinski definition) is 3. The number of carbonyl (C=O) groups excluding carboxylic acids is 1. The van der Waals surface area contributed by atoms with Crippen LogP contribution in [0.1, 0.15) is 43.7 Å². The minimum atomic E-state index is -0.249. The van der Waals surface area contributed by atoms with Crippen LogP contribution in [-0.2, 0) is 4.74 Å². The Hall–Kier alpha value is -2.24. The topological polar surface area (TPSA) is 38.8 Å².